The van der Waals surface area contributed by atoms with Crippen LogP contribution in [0.1, 0.15) is 26.3 Å². The van der Waals surface area contributed by atoms with Gasteiger partial charge in [0.1, 0.15) is 6.10 Å². The van der Waals surface area contributed by atoms with E-state index in [0.717, 1.165) is 5.33 Å². The van der Waals surface area contributed by atoms with Gasteiger partial charge in [-0.2, -0.15) is 0 Å². The standard InChI is InChI=1S/C18H25BrO3/c1-14(8-7-11-19)17(16-13-21-18(2,3)22-16)20-12-15-9-5-4-6-10-15/h4-10,14,16-17H,11-13H2,1-3H3/b8-7-/t14-,16+,17-/m0/s1. The molecule has 1 aliphatic rings. The van der Waals surface area contributed by atoms with Crippen molar-refractivity contribution in [1.82, 2.24) is 0 Å². The van der Waals surface area contributed by atoms with Gasteiger partial charge in [-0.05, 0) is 19.4 Å². The van der Waals surface area contributed by atoms with Crippen LogP contribution in [0.5, 0.6) is 0 Å². The van der Waals surface area contributed by atoms with Crippen molar-refractivity contribution in [3.8, 4) is 0 Å². The second-order valence-electron chi connectivity index (χ2n) is 6.07. The van der Waals surface area contributed by atoms with Gasteiger partial charge < -0.3 is 14.2 Å². The average Bonchev–Trinajstić information content (AvgIpc) is 2.86. The monoisotopic (exact) mass is 368 g/mol. The fourth-order valence-corrected chi connectivity index (χ4v) is 2.83. The Labute approximate surface area is 141 Å². The maximum Gasteiger partial charge on any atom is 0.163 e. The predicted molar refractivity (Wildman–Crippen MR) is 92.0 cm³/mol. The highest BCUT2D eigenvalue weighted by molar-refractivity contribution is 9.09. The normalized spacial score (nSPS) is 23.7. The summed E-state index contributed by atoms with van der Waals surface area (Å²) in [5, 5.41) is 0.844. The lowest BCUT2D eigenvalue weighted by Crippen LogP contribution is -2.37. The largest absolute Gasteiger partial charge is 0.370 e. The van der Waals surface area contributed by atoms with Crippen LogP contribution in [0.4, 0.5) is 0 Å². The summed E-state index contributed by atoms with van der Waals surface area (Å²) in [6, 6.07) is 10.2. The minimum atomic E-state index is -0.530. The molecule has 1 aromatic carbocycles. The van der Waals surface area contributed by atoms with Crippen molar-refractivity contribution >= 4 is 15.9 Å². The zero-order chi connectivity index (χ0) is 16.0. The van der Waals surface area contributed by atoms with Gasteiger partial charge in [-0.25, -0.2) is 0 Å². The lowest BCUT2D eigenvalue weighted by atomic mass is 9.99. The van der Waals surface area contributed by atoms with Crippen molar-refractivity contribution in [3.63, 3.8) is 0 Å². The maximum absolute atomic E-state index is 6.19. The summed E-state index contributed by atoms with van der Waals surface area (Å²) >= 11 is 3.42. The van der Waals surface area contributed by atoms with Crippen molar-refractivity contribution in [2.45, 2.75) is 45.4 Å². The van der Waals surface area contributed by atoms with E-state index in [-0.39, 0.29) is 18.1 Å². The van der Waals surface area contributed by atoms with Crippen LogP contribution in [0.25, 0.3) is 0 Å². The second kappa shape index (κ2) is 8.25. The van der Waals surface area contributed by atoms with Crippen LogP contribution in [0, 0.1) is 5.92 Å². The van der Waals surface area contributed by atoms with Gasteiger partial charge in [0, 0.05) is 11.2 Å². The lowest BCUT2D eigenvalue weighted by molar-refractivity contribution is -0.161. The molecule has 22 heavy (non-hydrogen) atoms. The molecule has 1 aromatic rings. The third-order valence-corrected chi connectivity index (χ3v) is 4.10. The Hall–Kier alpha value is -0.680. The SMILES string of the molecule is C[C@@H](/C=C\CBr)[C@H](OCc1ccccc1)[C@H]1COC(C)(C)O1. The van der Waals surface area contributed by atoms with Gasteiger partial charge in [-0.3, -0.25) is 0 Å². The molecular formula is C18H25BrO3. The summed E-state index contributed by atoms with van der Waals surface area (Å²) in [6.07, 6.45) is 4.19. The van der Waals surface area contributed by atoms with Crippen LogP contribution in [0.2, 0.25) is 0 Å². The van der Waals surface area contributed by atoms with E-state index in [1.165, 1.54) is 5.56 Å². The summed E-state index contributed by atoms with van der Waals surface area (Å²) in [6.45, 7) is 7.20. The molecule has 0 spiro atoms. The Morgan fingerprint density at radius 2 is 2.09 bits per heavy atom. The van der Waals surface area contributed by atoms with E-state index in [1.54, 1.807) is 0 Å². The molecule has 1 aliphatic heterocycles. The minimum Gasteiger partial charge on any atom is -0.370 e. The highest BCUT2D eigenvalue weighted by atomic mass is 79.9. The number of alkyl halides is 1. The molecular weight excluding hydrogens is 344 g/mol. The number of ether oxygens (including phenoxy) is 3. The molecule has 3 atom stereocenters. The molecule has 0 radical (unpaired) electrons. The summed E-state index contributed by atoms with van der Waals surface area (Å²) in [4.78, 5) is 0. The number of hydrogen-bond donors (Lipinski definition) is 0. The summed E-state index contributed by atoms with van der Waals surface area (Å²) < 4.78 is 17.9. The number of rotatable bonds is 7. The number of allylic oxidation sites excluding steroid dienone is 1. The van der Waals surface area contributed by atoms with Gasteiger partial charge in [-0.1, -0.05) is 65.3 Å². The highest BCUT2D eigenvalue weighted by Gasteiger charge is 2.39. The molecule has 4 heteroatoms. The van der Waals surface area contributed by atoms with Crippen LogP contribution < -0.4 is 0 Å². The molecule has 1 fully saturated rings. The van der Waals surface area contributed by atoms with Crippen LogP contribution >= 0.6 is 15.9 Å². The predicted octanol–water partition coefficient (Wildman–Crippen LogP) is 4.31. The summed E-state index contributed by atoms with van der Waals surface area (Å²) in [5.41, 5.74) is 1.17. The first-order chi connectivity index (χ1) is 10.5. The molecule has 122 valence electrons. The first-order valence-corrected chi connectivity index (χ1v) is 8.84. The summed E-state index contributed by atoms with van der Waals surface area (Å²) in [7, 11) is 0. The smallest absolute Gasteiger partial charge is 0.163 e. The molecule has 1 saturated heterocycles. The first kappa shape index (κ1) is 17.7. The fourth-order valence-electron chi connectivity index (χ4n) is 2.62. The van der Waals surface area contributed by atoms with Crippen LogP contribution in [0.15, 0.2) is 42.5 Å². The van der Waals surface area contributed by atoms with Crippen LogP contribution in [0.3, 0.4) is 0 Å². The van der Waals surface area contributed by atoms with E-state index in [0.29, 0.717) is 13.2 Å². The number of hydrogen-bond acceptors (Lipinski definition) is 3. The first-order valence-electron chi connectivity index (χ1n) is 7.72. The van der Waals surface area contributed by atoms with Crippen molar-refractivity contribution < 1.29 is 14.2 Å². The van der Waals surface area contributed by atoms with Gasteiger partial charge in [0.25, 0.3) is 0 Å². The van der Waals surface area contributed by atoms with E-state index in [1.807, 2.05) is 32.0 Å². The molecule has 0 aliphatic carbocycles. The zero-order valence-electron chi connectivity index (χ0n) is 13.5. The molecule has 3 nitrogen and oxygen atoms in total. The van der Waals surface area contributed by atoms with Crippen molar-refractivity contribution in [2.24, 2.45) is 5.92 Å². The maximum atomic E-state index is 6.19. The van der Waals surface area contributed by atoms with E-state index in [9.17, 15) is 0 Å². The summed E-state index contributed by atoms with van der Waals surface area (Å²) in [5.74, 6) is -0.276. The Morgan fingerprint density at radius 1 is 1.36 bits per heavy atom. The molecule has 0 aromatic heterocycles. The fraction of sp³-hybridized carbons (Fsp3) is 0.556. The van der Waals surface area contributed by atoms with Gasteiger partial charge in [0.05, 0.1) is 19.3 Å². The van der Waals surface area contributed by atoms with Crippen LogP contribution in [-0.2, 0) is 20.8 Å². The number of benzene rings is 1. The third kappa shape index (κ3) is 5.20. The van der Waals surface area contributed by atoms with E-state index in [4.69, 9.17) is 14.2 Å². The van der Waals surface area contributed by atoms with Gasteiger partial charge >= 0.3 is 0 Å². The average molecular weight is 369 g/mol. The molecule has 0 amide bonds. The van der Waals surface area contributed by atoms with Gasteiger partial charge in [0.15, 0.2) is 5.79 Å². The van der Waals surface area contributed by atoms with Crippen molar-refractivity contribution in [2.75, 3.05) is 11.9 Å². The number of halogens is 1. The Kier molecular flexibility index (Phi) is 6.63. The topological polar surface area (TPSA) is 27.7 Å². The van der Waals surface area contributed by atoms with Crippen LogP contribution in [-0.4, -0.2) is 29.9 Å². The highest BCUT2D eigenvalue weighted by Crippen LogP contribution is 2.29. The minimum absolute atomic E-state index is 0.0303. The van der Waals surface area contributed by atoms with Gasteiger partial charge in [-0.15, -0.1) is 0 Å². The molecule has 2 rings (SSSR count). The third-order valence-electron chi connectivity index (χ3n) is 3.73. The van der Waals surface area contributed by atoms with E-state index in [2.05, 4.69) is 47.1 Å². The molecule has 0 bridgehead atoms. The zero-order valence-corrected chi connectivity index (χ0v) is 15.1. The molecule has 0 unspecified atom stereocenters. The van der Waals surface area contributed by atoms with Crippen molar-refractivity contribution in [3.05, 3.63) is 48.0 Å². The van der Waals surface area contributed by atoms with Gasteiger partial charge in [0.2, 0.25) is 0 Å². The van der Waals surface area contributed by atoms with E-state index >= 15 is 0 Å². The Morgan fingerprint density at radius 3 is 2.68 bits per heavy atom. The quantitative estimate of drug-likeness (QED) is 0.530. The lowest BCUT2D eigenvalue weighted by Gasteiger charge is -2.28. The van der Waals surface area contributed by atoms with E-state index < -0.39 is 5.79 Å². The molecule has 0 saturated carbocycles. The second-order valence-corrected chi connectivity index (χ2v) is 6.72. The molecule has 0 N–H and O–H groups in total. The Balaban J connectivity index is 2.03. The Bertz CT molecular complexity index is 472. The molecule has 1 heterocycles. The van der Waals surface area contributed by atoms with Crippen molar-refractivity contribution in [1.29, 1.82) is 0 Å².